The van der Waals surface area contributed by atoms with Gasteiger partial charge in [0.25, 0.3) is 0 Å². The van der Waals surface area contributed by atoms with Crippen molar-refractivity contribution in [3.63, 3.8) is 0 Å². The molecule has 2 aliphatic rings. The average molecular weight is 446 g/mol. The van der Waals surface area contributed by atoms with Gasteiger partial charge in [0.15, 0.2) is 0 Å². The molecule has 1 aromatic carbocycles. The van der Waals surface area contributed by atoms with E-state index in [4.69, 9.17) is 9.97 Å². The molecule has 0 unspecified atom stereocenters. The van der Waals surface area contributed by atoms with Crippen molar-refractivity contribution < 1.29 is 9.18 Å². The first-order valence-corrected chi connectivity index (χ1v) is 11.6. The Morgan fingerprint density at radius 2 is 1.79 bits per heavy atom. The van der Waals surface area contributed by atoms with Crippen molar-refractivity contribution in [3.8, 4) is 0 Å². The van der Waals surface area contributed by atoms with Crippen LogP contribution >= 0.6 is 0 Å². The van der Waals surface area contributed by atoms with E-state index in [1.807, 2.05) is 25.3 Å². The average Bonchev–Trinajstić information content (AvgIpc) is 2.83. The van der Waals surface area contributed by atoms with Crippen LogP contribution in [0.5, 0.6) is 0 Å². The fourth-order valence-corrected chi connectivity index (χ4v) is 4.82. The molecule has 1 amide bonds. The van der Waals surface area contributed by atoms with Crippen LogP contribution < -0.4 is 4.90 Å². The van der Waals surface area contributed by atoms with E-state index >= 15 is 0 Å². The molecular weight excluding hydrogens is 417 g/mol. The lowest BCUT2D eigenvalue weighted by Gasteiger charge is -2.33. The molecular formula is C26H28FN5O. The predicted octanol–water partition coefficient (Wildman–Crippen LogP) is 4.18. The highest BCUT2D eigenvalue weighted by Crippen LogP contribution is 2.33. The van der Waals surface area contributed by atoms with Gasteiger partial charge in [-0.05, 0) is 57.5 Å². The Morgan fingerprint density at radius 1 is 1.00 bits per heavy atom. The van der Waals surface area contributed by atoms with Gasteiger partial charge in [-0.25, -0.2) is 14.4 Å². The number of carbonyl (C=O) groups is 1. The summed E-state index contributed by atoms with van der Waals surface area (Å²) in [6, 6.07) is 12.6. The SMILES string of the molecule is Cc1nc(C2CCN(Cc3ccccn3)CC2)nc2c1CCC(=O)N2Cc1ccccc1F. The van der Waals surface area contributed by atoms with Crippen LogP contribution in [-0.4, -0.2) is 38.8 Å². The molecule has 0 N–H and O–H groups in total. The Hall–Kier alpha value is -3.19. The molecule has 33 heavy (non-hydrogen) atoms. The molecule has 1 fully saturated rings. The van der Waals surface area contributed by atoms with Gasteiger partial charge in [-0.3, -0.25) is 19.6 Å². The molecule has 2 aliphatic heterocycles. The number of hydrogen-bond acceptors (Lipinski definition) is 5. The molecule has 6 nitrogen and oxygen atoms in total. The second-order valence-corrected chi connectivity index (χ2v) is 8.91. The third-order valence-corrected chi connectivity index (χ3v) is 6.71. The summed E-state index contributed by atoms with van der Waals surface area (Å²) >= 11 is 0. The van der Waals surface area contributed by atoms with Crippen LogP contribution in [0.4, 0.5) is 10.2 Å². The largest absolute Gasteiger partial charge is 0.297 e. The van der Waals surface area contributed by atoms with Gasteiger partial charge in [0.05, 0.1) is 12.2 Å². The number of amides is 1. The van der Waals surface area contributed by atoms with E-state index in [0.29, 0.717) is 24.2 Å². The highest BCUT2D eigenvalue weighted by molar-refractivity contribution is 5.95. The normalized spacial score (nSPS) is 17.3. The van der Waals surface area contributed by atoms with Gasteiger partial charge in [-0.2, -0.15) is 0 Å². The van der Waals surface area contributed by atoms with Gasteiger partial charge < -0.3 is 0 Å². The standard InChI is InChI=1S/C26H28FN5O/c1-18-22-9-10-24(33)32(16-20-6-2-3-8-23(20)27)26(22)30-25(29-18)19-11-14-31(15-12-19)17-21-7-4-5-13-28-21/h2-8,13,19H,9-12,14-17H2,1H3. The topological polar surface area (TPSA) is 62.2 Å². The maximum absolute atomic E-state index is 14.3. The molecule has 0 saturated carbocycles. The highest BCUT2D eigenvalue weighted by Gasteiger charge is 2.31. The second-order valence-electron chi connectivity index (χ2n) is 8.91. The lowest BCUT2D eigenvalue weighted by molar-refractivity contribution is -0.119. The third-order valence-electron chi connectivity index (χ3n) is 6.71. The van der Waals surface area contributed by atoms with E-state index in [2.05, 4.69) is 16.0 Å². The number of piperidine rings is 1. The molecule has 0 aliphatic carbocycles. The zero-order valence-corrected chi connectivity index (χ0v) is 18.9. The Kier molecular flexibility index (Phi) is 6.13. The van der Waals surface area contributed by atoms with Crippen LogP contribution in [0.2, 0.25) is 0 Å². The first-order valence-electron chi connectivity index (χ1n) is 11.6. The molecule has 170 valence electrons. The van der Waals surface area contributed by atoms with Gasteiger partial charge in [-0.15, -0.1) is 0 Å². The van der Waals surface area contributed by atoms with Crippen molar-refractivity contribution in [2.24, 2.45) is 0 Å². The van der Waals surface area contributed by atoms with Crippen molar-refractivity contribution in [3.05, 3.63) is 82.8 Å². The lowest BCUT2D eigenvalue weighted by atomic mass is 9.94. The van der Waals surface area contributed by atoms with E-state index < -0.39 is 0 Å². The first kappa shape index (κ1) is 21.6. The predicted molar refractivity (Wildman–Crippen MR) is 124 cm³/mol. The number of anilines is 1. The number of carbonyl (C=O) groups excluding carboxylic acids is 1. The summed E-state index contributed by atoms with van der Waals surface area (Å²) in [4.78, 5) is 31.1. The number of likely N-dealkylation sites (tertiary alicyclic amines) is 1. The number of benzene rings is 1. The summed E-state index contributed by atoms with van der Waals surface area (Å²) < 4.78 is 14.3. The first-order chi connectivity index (χ1) is 16.1. The Labute approximate surface area is 193 Å². The minimum atomic E-state index is -0.302. The van der Waals surface area contributed by atoms with Gasteiger partial charge >= 0.3 is 0 Å². The number of aryl methyl sites for hydroxylation is 1. The van der Waals surface area contributed by atoms with Gasteiger partial charge in [-0.1, -0.05) is 24.3 Å². The summed E-state index contributed by atoms with van der Waals surface area (Å²) in [5.41, 5.74) is 3.51. The summed E-state index contributed by atoms with van der Waals surface area (Å²) in [5, 5.41) is 0. The van der Waals surface area contributed by atoms with E-state index in [0.717, 1.165) is 55.3 Å². The number of hydrogen-bond donors (Lipinski definition) is 0. The molecule has 0 atom stereocenters. The molecule has 0 radical (unpaired) electrons. The Bertz CT molecular complexity index is 1140. The van der Waals surface area contributed by atoms with Gasteiger partial charge in [0.1, 0.15) is 17.5 Å². The fraction of sp³-hybridized carbons (Fsp3) is 0.385. The Balaban J connectivity index is 1.35. The molecule has 4 heterocycles. The molecule has 7 heteroatoms. The van der Waals surface area contributed by atoms with Crippen molar-refractivity contribution in [1.82, 2.24) is 19.9 Å². The number of fused-ring (bicyclic) bond motifs is 1. The highest BCUT2D eigenvalue weighted by atomic mass is 19.1. The van der Waals surface area contributed by atoms with Crippen molar-refractivity contribution in [2.45, 2.75) is 51.6 Å². The number of pyridine rings is 1. The third kappa shape index (κ3) is 4.64. The minimum Gasteiger partial charge on any atom is -0.297 e. The fourth-order valence-electron chi connectivity index (χ4n) is 4.82. The maximum atomic E-state index is 14.3. The zero-order chi connectivity index (χ0) is 22.8. The minimum absolute atomic E-state index is 0.0139. The summed E-state index contributed by atoms with van der Waals surface area (Å²) in [7, 11) is 0. The van der Waals surface area contributed by atoms with Gasteiger partial charge in [0.2, 0.25) is 5.91 Å². The summed E-state index contributed by atoms with van der Waals surface area (Å²) in [6.07, 6.45) is 4.80. The van der Waals surface area contributed by atoms with Crippen LogP contribution in [0.1, 0.15) is 53.5 Å². The number of nitrogens with zero attached hydrogens (tertiary/aromatic N) is 5. The zero-order valence-electron chi connectivity index (χ0n) is 18.9. The van der Waals surface area contributed by atoms with E-state index in [1.54, 1.807) is 23.1 Å². The van der Waals surface area contributed by atoms with Crippen molar-refractivity contribution in [1.29, 1.82) is 0 Å². The second kappa shape index (κ2) is 9.35. The molecule has 0 bridgehead atoms. The summed E-state index contributed by atoms with van der Waals surface area (Å²) in [5.74, 6) is 1.40. The van der Waals surface area contributed by atoms with Crippen molar-refractivity contribution in [2.75, 3.05) is 18.0 Å². The van der Waals surface area contributed by atoms with E-state index in [9.17, 15) is 9.18 Å². The number of aromatic nitrogens is 3. The number of halogens is 1. The lowest BCUT2D eigenvalue weighted by Crippen LogP contribution is -2.37. The summed E-state index contributed by atoms with van der Waals surface area (Å²) in [6.45, 7) is 4.95. The van der Waals surface area contributed by atoms with Crippen LogP contribution in [0.15, 0.2) is 48.7 Å². The van der Waals surface area contributed by atoms with Crippen molar-refractivity contribution >= 4 is 11.7 Å². The monoisotopic (exact) mass is 445 g/mol. The molecule has 3 aromatic rings. The smallest absolute Gasteiger partial charge is 0.228 e. The van der Waals surface area contributed by atoms with E-state index in [-0.39, 0.29) is 24.2 Å². The van der Waals surface area contributed by atoms with Crippen LogP contribution in [-0.2, 0) is 24.3 Å². The van der Waals surface area contributed by atoms with Crippen LogP contribution in [0.25, 0.3) is 0 Å². The maximum Gasteiger partial charge on any atom is 0.228 e. The molecule has 2 aromatic heterocycles. The Morgan fingerprint density at radius 3 is 2.55 bits per heavy atom. The molecule has 1 saturated heterocycles. The van der Waals surface area contributed by atoms with Crippen LogP contribution in [0.3, 0.4) is 0 Å². The van der Waals surface area contributed by atoms with E-state index in [1.165, 1.54) is 6.07 Å². The molecule has 5 rings (SSSR count). The quantitative estimate of drug-likeness (QED) is 0.590. The number of rotatable bonds is 5. The molecule has 0 spiro atoms. The van der Waals surface area contributed by atoms with Gasteiger partial charge in [0, 0.05) is 41.9 Å². The van der Waals surface area contributed by atoms with Crippen LogP contribution in [0, 0.1) is 12.7 Å².